The summed E-state index contributed by atoms with van der Waals surface area (Å²) < 4.78 is 37.2. The Morgan fingerprint density at radius 2 is 1.49 bits per heavy atom. The molecule has 0 aromatic carbocycles. The van der Waals surface area contributed by atoms with Gasteiger partial charge in [0.25, 0.3) is 5.56 Å². The number of H-pyrrole nitrogens is 1. The molecule has 0 aliphatic carbocycles. The number of nitrogens with zero attached hydrogens (tertiary/aromatic N) is 5. The van der Waals surface area contributed by atoms with Crippen LogP contribution < -0.4 is 16.6 Å². The number of hydrogen-bond donors (Lipinski definition) is 5. The number of rotatable bonds is 26. The number of ether oxygens (including phenoxy) is 2. The van der Waals surface area contributed by atoms with Gasteiger partial charge in [-0.15, -0.1) is 0 Å². The summed E-state index contributed by atoms with van der Waals surface area (Å²) >= 11 is 0. The van der Waals surface area contributed by atoms with Crippen LogP contribution in [0.25, 0.3) is 11.2 Å². The van der Waals surface area contributed by atoms with Gasteiger partial charge in [-0.25, -0.2) is 19.3 Å². The number of aromatic amines is 1. The Morgan fingerprint density at radius 3 is 2.15 bits per heavy atom. The average molecular weight is 794 g/mol. The number of unbranched alkanes of at least 4 members (excludes halogenated alkanes) is 15. The van der Waals surface area contributed by atoms with E-state index in [9.17, 15) is 29.3 Å². The van der Waals surface area contributed by atoms with E-state index in [4.69, 9.17) is 18.5 Å². The monoisotopic (exact) mass is 793 g/mol. The molecular weight excluding hydrogens is 733 g/mol. The van der Waals surface area contributed by atoms with E-state index < -0.39 is 57.0 Å². The lowest BCUT2D eigenvalue weighted by atomic mass is 10.0. The molecule has 7 atom stereocenters. The third-order valence-electron chi connectivity index (χ3n) is 10.4. The zero-order valence-electron chi connectivity index (χ0n) is 32.0. The molecule has 0 bridgehead atoms. The van der Waals surface area contributed by atoms with Crippen LogP contribution in [0.2, 0.25) is 0 Å². The van der Waals surface area contributed by atoms with Crippen LogP contribution in [-0.2, 0) is 23.1 Å². The molecule has 0 amide bonds. The van der Waals surface area contributed by atoms with Crippen molar-refractivity contribution in [1.82, 2.24) is 29.1 Å². The summed E-state index contributed by atoms with van der Waals surface area (Å²) in [6, 6.07) is 1.59. The van der Waals surface area contributed by atoms with Gasteiger partial charge in [-0.3, -0.25) is 23.0 Å². The predicted octanol–water partition coefficient (Wildman–Crippen LogP) is 5.48. The zero-order valence-corrected chi connectivity index (χ0v) is 32.9. The first-order valence-electron chi connectivity index (χ1n) is 20.2. The van der Waals surface area contributed by atoms with Crippen molar-refractivity contribution in [2.45, 2.75) is 159 Å². The third kappa shape index (κ3) is 13.0. The van der Waals surface area contributed by atoms with Gasteiger partial charge in [0, 0.05) is 12.7 Å². The minimum absolute atomic E-state index is 0.175. The number of imidazole rings is 1. The number of aliphatic hydroxyl groups is 2. The summed E-state index contributed by atoms with van der Waals surface area (Å²) in [7, 11) is -4.63. The largest absolute Gasteiger partial charge is 0.472 e. The quantitative estimate of drug-likeness (QED) is 0.0502. The van der Waals surface area contributed by atoms with Gasteiger partial charge in [0.05, 0.1) is 32.0 Å². The highest BCUT2D eigenvalue weighted by atomic mass is 31.2. The van der Waals surface area contributed by atoms with Gasteiger partial charge in [-0.05, 0) is 25.3 Å². The molecule has 17 nitrogen and oxygen atoms in total. The van der Waals surface area contributed by atoms with E-state index in [-0.39, 0.29) is 17.7 Å². The lowest BCUT2D eigenvalue weighted by Crippen LogP contribution is -2.36. The lowest BCUT2D eigenvalue weighted by Gasteiger charge is -2.19. The maximum atomic E-state index is 12.8. The van der Waals surface area contributed by atoms with E-state index in [1.54, 1.807) is 10.6 Å². The first-order valence-corrected chi connectivity index (χ1v) is 21.7. The van der Waals surface area contributed by atoms with Gasteiger partial charge in [-0.1, -0.05) is 103 Å². The second-order valence-corrected chi connectivity index (χ2v) is 16.1. The van der Waals surface area contributed by atoms with Crippen molar-refractivity contribution in [3.05, 3.63) is 45.8 Å². The van der Waals surface area contributed by atoms with Gasteiger partial charge in [-0.2, -0.15) is 4.98 Å². The first kappa shape index (κ1) is 43.1. The number of phosphoric ester groups is 1. The molecular formula is C37H60N7O10P. The summed E-state index contributed by atoms with van der Waals surface area (Å²) in [5.41, 5.74) is -0.533. The Balaban J connectivity index is 0.937. The van der Waals surface area contributed by atoms with Crippen molar-refractivity contribution < 1.29 is 38.2 Å². The standard InChI is InChI=1S/C37H60N7O10P/c1-2-3-4-5-6-7-8-9-10-11-12-13-14-15-16-17-21-38-29-20-22-43(37(48)42-29)36-33(46)32(45)28(54-36)24-52-55(49,50)51-23-27-18-19-30(53-27)44-26-41-31-34(44)39-25-40-35(31)47/h20,22,25-28,30,32-33,36,45-46H,2-19,21,23-24H2,1H3,(H,49,50)(H,38,42,48)(H,39,40,47). The van der Waals surface area contributed by atoms with Crippen molar-refractivity contribution in [3.8, 4) is 0 Å². The maximum Gasteiger partial charge on any atom is 0.472 e. The predicted molar refractivity (Wildman–Crippen MR) is 205 cm³/mol. The van der Waals surface area contributed by atoms with Crippen LogP contribution in [0.4, 0.5) is 5.82 Å². The van der Waals surface area contributed by atoms with E-state index in [1.165, 1.54) is 109 Å². The lowest BCUT2D eigenvalue weighted by molar-refractivity contribution is -0.0577. The molecule has 2 saturated heterocycles. The molecule has 18 heteroatoms. The number of nitrogens with one attached hydrogen (secondary N) is 2. The topological polar surface area (TPSA) is 225 Å². The Labute approximate surface area is 321 Å². The van der Waals surface area contributed by atoms with E-state index in [1.807, 2.05) is 0 Å². The van der Waals surface area contributed by atoms with Crippen molar-refractivity contribution in [2.75, 3.05) is 25.1 Å². The Kier molecular flexibility index (Phi) is 17.3. The van der Waals surface area contributed by atoms with E-state index >= 15 is 0 Å². The third-order valence-corrected chi connectivity index (χ3v) is 11.3. The number of aliphatic hydroxyl groups excluding tert-OH is 2. The number of fused-ring (bicyclic) bond motifs is 1. The molecule has 2 fully saturated rings. The molecule has 0 spiro atoms. The Morgan fingerprint density at radius 1 is 0.855 bits per heavy atom. The van der Waals surface area contributed by atoms with Crippen LogP contribution in [0.5, 0.6) is 0 Å². The number of phosphoric acid groups is 1. The van der Waals surface area contributed by atoms with Gasteiger partial charge in [0.15, 0.2) is 17.4 Å². The van der Waals surface area contributed by atoms with Crippen molar-refractivity contribution >= 4 is 24.8 Å². The number of anilines is 1. The van der Waals surface area contributed by atoms with Crippen LogP contribution in [0.1, 0.15) is 135 Å². The van der Waals surface area contributed by atoms with E-state index in [0.29, 0.717) is 30.9 Å². The average Bonchev–Trinajstić information content (AvgIpc) is 3.90. The van der Waals surface area contributed by atoms with Crippen LogP contribution in [-0.4, -0.2) is 88.4 Å². The Bertz CT molecular complexity index is 1750. The van der Waals surface area contributed by atoms with Crippen LogP contribution >= 0.6 is 7.82 Å². The molecule has 5 heterocycles. The SMILES string of the molecule is CCCCCCCCCCCCCCCCCCNc1ccn(C2OC(COP(=O)(O)OCC3CCC(n4cnc5c(=O)[nH]cnc54)O3)C(O)C2O)c(=O)n1. The smallest absolute Gasteiger partial charge is 0.387 e. The fourth-order valence-corrected chi connectivity index (χ4v) is 7.93. The fourth-order valence-electron chi connectivity index (χ4n) is 7.16. The minimum Gasteiger partial charge on any atom is -0.387 e. The molecule has 2 aliphatic heterocycles. The molecule has 2 aliphatic rings. The highest BCUT2D eigenvalue weighted by molar-refractivity contribution is 7.47. The van der Waals surface area contributed by atoms with E-state index in [2.05, 4.69) is 32.2 Å². The summed E-state index contributed by atoms with van der Waals surface area (Å²) in [6.45, 7) is 2.06. The van der Waals surface area contributed by atoms with Gasteiger partial charge >= 0.3 is 13.5 Å². The fraction of sp³-hybridized carbons (Fsp3) is 0.757. The minimum atomic E-state index is -4.63. The molecule has 5 rings (SSSR count). The van der Waals surface area contributed by atoms with Gasteiger partial charge in [0.1, 0.15) is 30.4 Å². The Hall–Kier alpha value is -3.02. The summed E-state index contributed by atoms with van der Waals surface area (Å²) in [5.74, 6) is 0.399. The molecule has 0 radical (unpaired) electrons. The molecule has 3 aromatic rings. The molecule has 3 aromatic heterocycles. The van der Waals surface area contributed by atoms with Crippen molar-refractivity contribution in [2.24, 2.45) is 0 Å². The molecule has 0 saturated carbocycles. The van der Waals surface area contributed by atoms with Crippen molar-refractivity contribution in [3.63, 3.8) is 0 Å². The highest BCUT2D eigenvalue weighted by Crippen LogP contribution is 2.45. The molecule has 55 heavy (non-hydrogen) atoms. The summed E-state index contributed by atoms with van der Waals surface area (Å²) in [5, 5.41) is 24.4. The molecule has 7 unspecified atom stereocenters. The van der Waals surface area contributed by atoms with Gasteiger partial charge in [0.2, 0.25) is 0 Å². The van der Waals surface area contributed by atoms with Crippen LogP contribution in [0.15, 0.2) is 34.5 Å². The highest BCUT2D eigenvalue weighted by Gasteiger charge is 2.45. The summed E-state index contributed by atoms with van der Waals surface area (Å²) in [4.78, 5) is 49.8. The number of aromatic nitrogens is 6. The number of hydrogen-bond acceptors (Lipinski definition) is 13. The maximum absolute atomic E-state index is 12.8. The van der Waals surface area contributed by atoms with Gasteiger partial charge < -0.3 is 34.9 Å². The van der Waals surface area contributed by atoms with Crippen LogP contribution in [0.3, 0.4) is 0 Å². The van der Waals surface area contributed by atoms with E-state index in [0.717, 1.165) is 17.4 Å². The second-order valence-electron chi connectivity index (χ2n) is 14.7. The summed E-state index contributed by atoms with van der Waals surface area (Å²) in [6.07, 6.45) is 19.3. The normalized spacial score (nSPS) is 23.8. The molecule has 308 valence electrons. The zero-order chi connectivity index (χ0) is 39.0. The van der Waals surface area contributed by atoms with Crippen molar-refractivity contribution in [1.29, 1.82) is 0 Å². The first-order chi connectivity index (χ1) is 26.7. The van der Waals surface area contributed by atoms with Crippen LogP contribution in [0, 0.1) is 0 Å². The second kappa shape index (κ2) is 22.1. The molecule has 5 N–H and O–H groups in total.